The van der Waals surface area contributed by atoms with E-state index in [1.54, 1.807) is 0 Å². The van der Waals surface area contributed by atoms with E-state index in [1.807, 2.05) is 11.8 Å². The zero-order chi connectivity index (χ0) is 10.1. The van der Waals surface area contributed by atoms with Crippen molar-refractivity contribution in [3.63, 3.8) is 0 Å². The summed E-state index contributed by atoms with van der Waals surface area (Å²) < 4.78 is 0. The second-order valence-electron chi connectivity index (χ2n) is 3.80. The number of thioether (sulfide) groups is 1. The Morgan fingerprint density at radius 3 is 1.40 bits per heavy atom. The molecule has 0 spiro atoms. The number of hydrogen-bond donors (Lipinski definition) is 0. The first-order chi connectivity index (χ1) is 7.45. The Hall–Kier alpha value is -1.21. The third kappa shape index (κ3) is 1.80. The van der Waals surface area contributed by atoms with Gasteiger partial charge in [0.25, 0.3) is 0 Å². The van der Waals surface area contributed by atoms with E-state index < -0.39 is 0 Å². The fraction of sp³-hybridized carbons (Fsp3) is 0.143. The first-order valence-electron chi connectivity index (χ1n) is 5.20. The summed E-state index contributed by atoms with van der Waals surface area (Å²) in [4.78, 5) is 0. The summed E-state index contributed by atoms with van der Waals surface area (Å²) in [5.41, 5.74) is 2.91. The van der Waals surface area contributed by atoms with Crippen molar-refractivity contribution in [1.29, 1.82) is 0 Å². The predicted octanol–water partition coefficient (Wildman–Crippen LogP) is 4.22. The predicted molar refractivity (Wildman–Crippen MR) is 66.0 cm³/mol. The maximum Gasteiger partial charge on any atom is 0.0463 e. The lowest BCUT2D eigenvalue weighted by Gasteiger charge is -1.98. The van der Waals surface area contributed by atoms with Gasteiger partial charge in [-0.15, -0.1) is 11.8 Å². The average Bonchev–Trinajstić information content (AvgIpc) is 3.11. The Labute approximate surface area is 94.3 Å². The minimum atomic E-state index is 0.675. The summed E-state index contributed by atoms with van der Waals surface area (Å²) in [6.07, 6.45) is 0. The van der Waals surface area contributed by atoms with Crippen LogP contribution >= 0.6 is 11.8 Å². The van der Waals surface area contributed by atoms with Crippen molar-refractivity contribution in [2.45, 2.75) is 10.5 Å². The van der Waals surface area contributed by atoms with Crippen LogP contribution in [0.25, 0.3) is 0 Å². The molecule has 3 rings (SSSR count). The first kappa shape index (κ1) is 9.05. The van der Waals surface area contributed by atoms with Gasteiger partial charge in [0.15, 0.2) is 0 Å². The van der Waals surface area contributed by atoms with Gasteiger partial charge in [0.1, 0.15) is 0 Å². The standard InChI is InChI=1S/C14H12S/c1-3-7-11(8-4-1)13-14(15-13)12-9-5-2-6-10-12/h1-10,13-14H/t13-,14-/m1/s1. The van der Waals surface area contributed by atoms with E-state index in [0.717, 1.165) is 0 Å². The Morgan fingerprint density at radius 1 is 0.600 bits per heavy atom. The maximum atomic E-state index is 2.22. The van der Waals surface area contributed by atoms with Crippen molar-refractivity contribution in [2.24, 2.45) is 0 Å². The number of benzene rings is 2. The minimum Gasteiger partial charge on any atom is -0.143 e. The summed E-state index contributed by atoms with van der Waals surface area (Å²) >= 11 is 2.04. The molecule has 0 aliphatic carbocycles. The zero-order valence-corrected chi connectivity index (χ0v) is 9.15. The lowest BCUT2D eigenvalue weighted by molar-refractivity contribution is 1.03. The highest BCUT2D eigenvalue weighted by atomic mass is 32.2. The SMILES string of the molecule is c1ccc([C@H]2S[C@@H]2c2ccccc2)cc1. The molecule has 0 saturated carbocycles. The summed E-state index contributed by atoms with van der Waals surface area (Å²) in [5.74, 6) is 0. The van der Waals surface area contributed by atoms with E-state index in [1.165, 1.54) is 11.1 Å². The van der Waals surface area contributed by atoms with Gasteiger partial charge < -0.3 is 0 Å². The zero-order valence-electron chi connectivity index (χ0n) is 8.34. The molecule has 0 bridgehead atoms. The molecule has 1 aliphatic rings. The van der Waals surface area contributed by atoms with Crippen LogP contribution in [0.5, 0.6) is 0 Å². The molecule has 0 unspecified atom stereocenters. The summed E-state index contributed by atoms with van der Waals surface area (Å²) in [6.45, 7) is 0. The summed E-state index contributed by atoms with van der Waals surface area (Å²) in [5, 5.41) is 1.35. The van der Waals surface area contributed by atoms with Gasteiger partial charge in [-0.25, -0.2) is 0 Å². The Bertz CT molecular complexity index is 392. The van der Waals surface area contributed by atoms with Crippen molar-refractivity contribution in [3.05, 3.63) is 71.8 Å². The van der Waals surface area contributed by atoms with E-state index in [4.69, 9.17) is 0 Å². The van der Waals surface area contributed by atoms with Crippen LogP contribution in [0.3, 0.4) is 0 Å². The van der Waals surface area contributed by atoms with E-state index in [0.29, 0.717) is 10.5 Å². The molecule has 74 valence electrons. The van der Waals surface area contributed by atoms with Crippen LogP contribution in [0, 0.1) is 0 Å². The molecule has 0 N–H and O–H groups in total. The molecule has 0 radical (unpaired) electrons. The molecule has 2 aromatic rings. The van der Waals surface area contributed by atoms with E-state index >= 15 is 0 Å². The maximum absolute atomic E-state index is 2.22. The molecule has 2 aromatic carbocycles. The van der Waals surface area contributed by atoms with Gasteiger partial charge in [0, 0.05) is 10.5 Å². The van der Waals surface area contributed by atoms with Gasteiger partial charge in [0.05, 0.1) is 0 Å². The van der Waals surface area contributed by atoms with Gasteiger partial charge in [-0.2, -0.15) is 0 Å². The Morgan fingerprint density at radius 2 is 1.00 bits per heavy atom. The monoisotopic (exact) mass is 212 g/mol. The lowest BCUT2D eigenvalue weighted by Crippen LogP contribution is -1.82. The molecule has 0 amide bonds. The molecular formula is C14H12S. The van der Waals surface area contributed by atoms with Crippen LogP contribution < -0.4 is 0 Å². The van der Waals surface area contributed by atoms with Crippen LogP contribution in [-0.4, -0.2) is 0 Å². The quantitative estimate of drug-likeness (QED) is 0.672. The molecule has 0 aromatic heterocycles. The van der Waals surface area contributed by atoms with E-state index in [9.17, 15) is 0 Å². The second kappa shape index (κ2) is 3.74. The third-order valence-corrected chi connectivity index (χ3v) is 4.11. The molecule has 1 heterocycles. The molecular weight excluding hydrogens is 200 g/mol. The molecule has 0 nitrogen and oxygen atoms in total. The van der Waals surface area contributed by atoms with Crippen molar-refractivity contribution < 1.29 is 0 Å². The van der Waals surface area contributed by atoms with E-state index in [-0.39, 0.29) is 0 Å². The highest BCUT2D eigenvalue weighted by Crippen LogP contribution is 2.65. The smallest absolute Gasteiger partial charge is 0.0463 e. The third-order valence-electron chi connectivity index (χ3n) is 2.75. The van der Waals surface area contributed by atoms with Crippen LogP contribution in [0.15, 0.2) is 60.7 Å². The highest BCUT2D eigenvalue weighted by molar-refractivity contribution is 8.06. The lowest BCUT2D eigenvalue weighted by atomic mass is 10.0. The fourth-order valence-electron chi connectivity index (χ4n) is 1.90. The number of hydrogen-bond acceptors (Lipinski definition) is 1. The molecule has 2 atom stereocenters. The minimum absolute atomic E-state index is 0.675. The normalized spacial score (nSPS) is 23.7. The second-order valence-corrected chi connectivity index (χ2v) is 5.09. The largest absolute Gasteiger partial charge is 0.143 e. The van der Waals surface area contributed by atoms with Gasteiger partial charge in [-0.3, -0.25) is 0 Å². The van der Waals surface area contributed by atoms with Crippen LogP contribution in [0.4, 0.5) is 0 Å². The molecule has 1 fully saturated rings. The molecule has 15 heavy (non-hydrogen) atoms. The fourth-order valence-corrected chi connectivity index (χ4v) is 3.07. The van der Waals surface area contributed by atoms with Crippen LogP contribution in [0.1, 0.15) is 21.6 Å². The molecule has 1 heteroatoms. The van der Waals surface area contributed by atoms with Gasteiger partial charge in [-0.1, -0.05) is 60.7 Å². The summed E-state index contributed by atoms with van der Waals surface area (Å²) in [7, 11) is 0. The average molecular weight is 212 g/mol. The Balaban J connectivity index is 1.81. The topological polar surface area (TPSA) is 0 Å². The van der Waals surface area contributed by atoms with Crippen molar-refractivity contribution in [1.82, 2.24) is 0 Å². The van der Waals surface area contributed by atoms with Crippen LogP contribution in [0.2, 0.25) is 0 Å². The summed E-state index contributed by atoms with van der Waals surface area (Å²) in [6, 6.07) is 21.5. The highest BCUT2D eigenvalue weighted by Gasteiger charge is 2.40. The van der Waals surface area contributed by atoms with Gasteiger partial charge >= 0.3 is 0 Å². The van der Waals surface area contributed by atoms with Crippen molar-refractivity contribution >= 4 is 11.8 Å². The van der Waals surface area contributed by atoms with Crippen molar-refractivity contribution in [3.8, 4) is 0 Å². The first-order valence-corrected chi connectivity index (χ1v) is 6.15. The van der Waals surface area contributed by atoms with Crippen molar-refractivity contribution in [2.75, 3.05) is 0 Å². The Kier molecular flexibility index (Phi) is 2.26. The number of rotatable bonds is 2. The van der Waals surface area contributed by atoms with E-state index in [2.05, 4.69) is 60.7 Å². The van der Waals surface area contributed by atoms with Gasteiger partial charge in [0.2, 0.25) is 0 Å². The molecule has 1 aliphatic heterocycles. The molecule has 1 saturated heterocycles. The van der Waals surface area contributed by atoms with Gasteiger partial charge in [-0.05, 0) is 11.1 Å². The van der Waals surface area contributed by atoms with Crippen LogP contribution in [-0.2, 0) is 0 Å².